The van der Waals surface area contributed by atoms with Crippen molar-refractivity contribution in [2.45, 2.75) is 95.5 Å². The quantitative estimate of drug-likeness (QED) is 0.553. The number of hydrogen-bond acceptors (Lipinski definition) is 5. The molecule has 0 N–H and O–H groups in total. The molecule has 1 unspecified atom stereocenters. The molecule has 0 bridgehead atoms. The highest BCUT2D eigenvalue weighted by Gasteiger charge is 2.44. The van der Waals surface area contributed by atoms with Crippen LogP contribution in [0.1, 0.15) is 84.5 Å². The first-order chi connectivity index (χ1) is 13.0. The van der Waals surface area contributed by atoms with E-state index >= 15 is 0 Å². The molecule has 3 aliphatic rings. The van der Waals surface area contributed by atoms with Gasteiger partial charge in [-0.1, -0.05) is 39.5 Å². The molecular formula is C21H38O5S. The van der Waals surface area contributed by atoms with Gasteiger partial charge in [-0.2, -0.15) is 8.42 Å². The van der Waals surface area contributed by atoms with Crippen LogP contribution in [-0.4, -0.2) is 39.3 Å². The second-order valence-electron chi connectivity index (χ2n) is 8.83. The summed E-state index contributed by atoms with van der Waals surface area (Å²) in [5, 5.41) is -0.339. The lowest BCUT2D eigenvalue weighted by molar-refractivity contribution is -0.209. The zero-order valence-electron chi connectivity index (χ0n) is 17.2. The molecule has 3 rings (SSSR count). The first kappa shape index (κ1) is 21.5. The van der Waals surface area contributed by atoms with Crippen LogP contribution < -0.4 is 0 Å². The number of ether oxygens (including phenoxy) is 2. The Labute approximate surface area is 165 Å². The first-order valence-electron chi connectivity index (χ1n) is 11.1. The number of hydrogen-bond donors (Lipinski definition) is 0. The molecule has 1 heterocycles. The molecule has 1 atom stereocenters. The highest BCUT2D eigenvalue weighted by atomic mass is 32.2. The Balaban J connectivity index is 1.49. The van der Waals surface area contributed by atoms with Crippen LogP contribution in [0.5, 0.6) is 0 Å². The Morgan fingerprint density at radius 1 is 1.00 bits per heavy atom. The summed E-state index contributed by atoms with van der Waals surface area (Å²) in [6.45, 7) is 5.87. The van der Waals surface area contributed by atoms with Crippen LogP contribution in [0.2, 0.25) is 0 Å². The summed E-state index contributed by atoms with van der Waals surface area (Å²) in [5.74, 6) is 1.09. The van der Waals surface area contributed by atoms with Gasteiger partial charge in [-0.25, -0.2) is 0 Å². The van der Waals surface area contributed by atoms with Gasteiger partial charge in [0.2, 0.25) is 0 Å². The summed E-state index contributed by atoms with van der Waals surface area (Å²) in [4.78, 5) is 0. The van der Waals surface area contributed by atoms with E-state index in [2.05, 4.69) is 13.8 Å². The van der Waals surface area contributed by atoms with E-state index in [1.54, 1.807) is 0 Å². The average molecular weight is 403 g/mol. The Morgan fingerprint density at radius 3 is 2.22 bits per heavy atom. The van der Waals surface area contributed by atoms with Gasteiger partial charge in [0, 0.05) is 12.3 Å². The second kappa shape index (κ2) is 9.55. The maximum absolute atomic E-state index is 12.7. The van der Waals surface area contributed by atoms with Crippen molar-refractivity contribution in [1.29, 1.82) is 0 Å². The minimum Gasteiger partial charge on any atom is -0.347 e. The molecule has 0 aromatic heterocycles. The minimum atomic E-state index is -3.50. The molecule has 0 aromatic rings. The van der Waals surface area contributed by atoms with Gasteiger partial charge in [-0.3, -0.25) is 4.18 Å². The molecule has 2 aliphatic carbocycles. The topological polar surface area (TPSA) is 61.8 Å². The predicted molar refractivity (Wildman–Crippen MR) is 106 cm³/mol. The van der Waals surface area contributed by atoms with Crippen molar-refractivity contribution in [3.05, 3.63) is 0 Å². The highest BCUT2D eigenvalue weighted by molar-refractivity contribution is 7.87. The van der Waals surface area contributed by atoms with E-state index in [-0.39, 0.29) is 11.9 Å². The summed E-state index contributed by atoms with van der Waals surface area (Å²) in [7, 11) is -3.50. The van der Waals surface area contributed by atoms with E-state index in [1.807, 2.05) is 0 Å². The molecule has 0 aromatic carbocycles. The van der Waals surface area contributed by atoms with Crippen LogP contribution in [0.4, 0.5) is 0 Å². The molecule has 3 fully saturated rings. The lowest BCUT2D eigenvalue weighted by Crippen LogP contribution is -2.42. The van der Waals surface area contributed by atoms with Crippen molar-refractivity contribution in [1.82, 2.24) is 0 Å². The molecule has 2 saturated carbocycles. The maximum Gasteiger partial charge on any atom is 0.270 e. The number of rotatable bonds is 8. The summed E-state index contributed by atoms with van der Waals surface area (Å²) < 4.78 is 42.8. The van der Waals surface area contributed by atoms with Gasteiger partial charge in [0.05, 0.1) is 25.1 Å². The van der Waals surface area contributed by atoms with Crippen LogP contribution in [0, 0.1) is 17.8 Å². The van der Waals surface area contributed by atoms with Gasteiger partial charge in [0.1, 0.15) is 0 Å². The molecule has 5 nitrogen and oxygen atoms in total. The standard InChI is InChI=1S/C21H38O5S/c1-3-17(2)18-9-11-20(12-10-18)27(22,23)26-14-13-21(24-15-16-25-21)19-7-5-4-6-8-19/h17-20H,3-16H2,1-2H3. The third-order valence-corrected chi connectivity index (χ3v) is 9.06. The van der Waals surface area contributed by atoms with Gasteiger partial charge >= 0.3 is 0 Å². The smallest absolute Gasteiger partial charge is 0.270 e. The van der Waals surface area contributed by atoms with Crippen molar-refractivity contribution in [3.8, 4) is 0 Å². The molecule has 0 amide bonds. The zero-order chi connectivity index (χ0) is 19.3. The normalized spacial score (nSPS) is 31.0. The van der Waals surface area contributed by atoms with Gasteiger partial charge < -0.3 is 9.47 Å². The van der Waals surface area contributed by atoms with E-state index in [9.17, 15) is 8.42 Å². The molecule has 27 heavy (non-hydrogen) atoms. The highest BCUT2D eigenvalue weighted by Crippen LogP contribution is 2.41. The Hall–Kier alpha value is -0.170. The van der Waals surface area contributed by atoms with Crippen LogP contribution in [-0.2, 0) is 23.8 Å². The van der Waals surface area contributed by atoms with Crippen molar-refractivity contribution < 1.29 is 22.1 Å². The van der Waals surface area contributed by atoms with Crippen LogP contribution in [0.3, 0.4) is 0 Å². The fourth-order valence-electron chi connectivity index (χ4n) is 5.27. The van der Waals surface area contributed by atoms with Crippen molar-refractivity contribution in [2.75, 3.05) is 19.8 Å². The van der Waals surface area contributed by atoms with Crippen molar-refractivity contribution >= 4 is 10.1 Å². The third kappa shape index (κ3) is 5.26. The molecule has 6 heteroatoms. The summed E-state index contributed by atoms with van der Waals surface area (Å²) >= 11 is 0. The van der Waals surface area contributed by atoms with E-state index in [1.165, 1.54) is 25.7 Å². The predicted octanol–water partition coefficient (Wildman–Crippen LogP) is 4.65. The fourth-order valence-corrected chi connectivity index (χ4v) is 6.63. The van der Waals surface area contributed by atoms with E-state index in [0.29, 0.717) is 37.4 Å². The summed E-state index contributed by atoms with van der Waals surface area (Å²) in [6.07, 6.45) is 11.0. The average Bonchev–Trinajstić information content (AvgIpc) is 3.18. The van der Waals surface area contributed by atoms with E-state index in [0.717, 1.165) is 38.5 Å². The summed E-state index contributed by atoms with van der Waals surface area (Å²) in [6, 6.07) is 0. The van der Waals surface area contributed by atoms with E-state index in [4.69, 9.17) is 13.7 Å². The van der Waals surface area contributed by atoms with Gasteiger partial charge in [-0.15, -0.1) is 0 Å². The molecule has 1 aliphatic heterocycles. The Bertz CT molecular complexity index is 541. The first-order valence-corrected chi connectivity index (χ1v) is 12.6. The second-order valence-corrected chi connectivity index (χ2v) is 10.7. The lowest BCUT2D eigenvalue weighted by Gasteiger charge is -2.38. The SMILES string of the molecule is CCC(C)C1CCC(S(=O)(=O)OCCC2(C3CCCCC3)OCCO2)CC1. The maximum atomic E-state index is 12.7. The van der Waals surface area contributed by atoms with Crippen molar-refractivity contribution in [2.24, 2.45) is 17.8 Å². The third-order valence-electron chi connectivity index (χ3n) is 7.28. The summed E-state index contributed by atoms with van der Waals surface area (Å²) in [5.41, 5.74) is 0. The molecule has 0 spiro atoms. The molecule has 158 valence electrons. The van der Waals surface area contributed by atoms with Crippen LogP contribution in [0.25, 0.3) is 0 Å². The van der Waals surface area contributed by atoms with Gasteiger partial charge in [0.25, 0.3) is 10.1 Å². The van der Waals surface area contributed by atoms with Gasteiger partial charge in [0.15, 0.2) is 5.79 Å². The zero-order valence-corrected chi connectivity index (χ0v) is 18.0. The Kier molecular flexibility index (Phi) is 7.62. The monoisotopic (exact) mass is 402 g/mol. The molecule has 1 saturated heterocycles. The molecular weight excluding hydrogens is 364 g/mol. The van der Waals surface area contributed by atoms with E-state index < -0.39 is 15.9 Å². The van der Waals surface area contributed by atoms with Crippen molar-refractivity contribution in [3.63, 3.8) is 0 Å². The minimum absolute atomic E-state index is 0.171. The lowest BCUT2D eigenvalue weighted by atomic mass is 9.80. The fraction of sp³-hybridized carbons (Fsp3) is 1.00. The van der Waals surface area contributed by atoms with Gasteiger partial charge in [-0.05, 0) is 50.4 Å². The largest absolute Gasteiger partial charge is 0.347 e. The van der Waals surface area contributed by atoms with Crippen LogP contribution >= 0.6 is 0 Å². The molecule has 0 radical (unpaired) electrons. The van der Waals surface area contributed by atoms with Crippen LogP contribution in [0.15, 0.2) is 0 Å². The Morgan fingerprint density at radius 2 is 1.63 bits per heavy atom.